The highest BCUT2D eigenvalue weighted by Crippen LogP contribution is 2.26. The van der Waals surface area contributed by atoms with Crippen LogP contribution in [0.15, 0.2) is 29.6 Å². The van der Waals surface area contributed by atoms with Gasteiger partial charge in [-0.05, 0) is 25.5 Å². The van der Waals surface area contributed by atoms with Crippen LogP contribution in [0.5, 0.6) is 0 Å². The molecule has 0 spiro atoms. The van der Waals surface area contributed by atoms with Crippen LogP contribution in [0.3, 0.4) is 0 Å². The lowest BCUT2D eigenvalue weighted by Gasteiger charge is -2.16. The van der Waals surface area contributed by atoms with Crippen molar-refractivity contribution in [3.63, 3.8) is 0 Å². The van der Waals surface area contributed by atoms with E-state index in [2.05, 4.69) is 10.3 Å². The molecule has 1 aliphatic heterocycles. The molecule has 2 amide bonds. The van der Waals surface area contributed by atoms with Crippen molar-refractivity contribution in [3.8, 4) is 10.6 Å². The van der Waals surface area contributed by atoms with E-state index in [0.29, 0.717) is 19.5 Å². The molecule has 0 saturated carbocycles. The number of carbonyl (C=O) groups is 1. The van der Waals surface area contributed by atoms with E-state index in [9.17, 15) is 9.90 Å². The van der Waals surface area contributed by atoms with Gasteiger partial charge >= 0.3 is 6.03 Å². The second-order valence-corrected chi connectivity index (χ2v) is 6.05. The van der Waals surface area contributed by atoms with Crippen molar-refractivity contribution >= 4 is 23.1 Å². The molecule has 3 rings (SSSR count). The number of aromatic nitrogens is 1. The molecule has 1 saturated heterocycles. The number of urea groups is 1. The lowest BCUT2D eigenvalue weighted by Crippen LogP contribution is -2.33. The number of benzene rings is 1. The van der Waals surface area contributed by atoms with Crippen LogP contribution in [0.4, 0.5) is 10.5 Å². The number of anilines is 1. The number of aryl methyl sites for hydroxylation is 1. The Balaban J connectivity index is 1.73. The van der Waals surface area contributed by atoms with Crippen LogP contribution in [0.2, 0.25) is 0 Å². The Morgan fingerprint density at radius 2 is 2.38 bits per heavy atom. The summed E-state index contributed by atoms with van der Waals surface area (Å²) in [4.78, 5) is 18.2. The first kappa shape index (κ1) is 14.0. The Morgan fingerprint density at radius 3 is 3.05 bits per heavy atom. The summed E-state index contributed by atoms with van der Waals surface area (Å²) >= 11 is 1.59. The van der Waals surface area contributed by atoms with Crippen LogP contribution < -0.4 is 5.32 Å². The zero-order chi connectivity index (χ0) is 14.8. The van der Waals surface area contributed by atoms with Crippen LogP contribution in [0.1, 0.15) is 12.1 Å². The first-order valence-electron chi connectivity index (χ1n) is 6.88. The molecular weight excluding hydrogens is 286 g/mol. The second kappa shape index (κ2) is 5.83. The van der Waals surface area contributed by atoms with Crippen LogP contribution in [-0.2, 0) is 0 Å². The highest BCUT2D eigenvalue weighted by Gasteiger charge is 2.24. The van der Waals surface area contributed by atoms with Gasteiger partial charge in [0.2, 0.25) is 0 Å². The van der Waals surface area contributed by atoms with E-state index in [1.165, 1.54) is 0 Å². The van der Waals surface area contributed by atoms with Gasteiger partial charge in [-0.2, -0.15) is 0 Å². The lowest BCUT2D eigenvalue weighted by atomic mass is 10.2. The molecule has 6 heteroatoms. The maximum absolute atomic E-state index is 12.1. The Labute approximate surface area is 127 Å². The summed E-state index contributed by atoms with van der Waals surface area (Å²) in [7, 11) is 0. The molecule has 1 fully saturated rings. The topological polar surface area (TPSA) is 65.5 Å². The van der Waals surface area contributed by atoms with Gasteiger partial charge < -0.3 is 15.3 Å². The highest BCUT2D eigenvalue weighted by atomic mass is 32.1. The molecule has 1 aromatic carbocycles. The van der Waals surface area contributed by atoms with Crippen molar-refractivity contribution < 1.29 is 9.90 Å². The van der Waals surface area contributed by atoms with Gasteiger partial charge in [-0.3, -0.25) is 0 Å². The fraction of sp³-hybridized carbons (Fsp3) is 0.333. The van der Waals surface area contributed by atoms with Crippen LogP contribution in [0, 0.1) is 6.92 Å². The molecule has 1 aliphatic rings. The van der Waals surface area contributed by atoms with Crippen molar-refractivity contribution in [1.82, 2.24) is 9.88 Å². The van der Waals surface area contributed by atoms with Gasteiger partial charge in [-0.25, -0.2) is 9.78 Å². The monoisotopic (exact) mass is 303 g/mol. The largest absolute Gasteiger partial charge is 0.391 e. The highest BCUT2D eigenvalue weighted by molar-refractivity contribution is 7.13. The van der Waals surface area contributed by atoms with Gasteiger partial charge in [-0.1, -0.05) is 12.1 Å². The molecule has 1 atom stereocenters. The maximum Gasteiger partial charge on any atom is 0.321 e. The standard InChI is InChI=1S/C15H17N3O2S/c1-10-9-21-14(16-10)11-3-2-4-12(7-11)17-15(20)18-6-5-13(19)8-18/h2-4,7,9,13,19H,5-6,8H2,1H3,(H,17,20)/t13-/m1/s1. The number of carbonyl (C=O) groups excluding carboxylic acids is 1. The van der Waals surface area contributed by atoms with Gasteiger partial charge in [-0.15, -0.1) is 11.3 Å². The molecule has 2 heterocycles. The number of β-amino-alcohol motifs (C(OH)–C–C–N with tert-alkyl or cyclic N) is 1. The third kappa shape index (κ3) is 3.22. The number of likely N-dealkylation sites (tertiary alicyclic amines) is 1. The van der Waals surface area contributed by atoms with Gasteiger partial charge in [0.1, 0.15) is 5.01 Å². The van der Waals surface area contributed by atoms with Crippen molar-refractivity contribution in [3.05, 3.63) is 35.3 Å². The van der Waals surface area contributed by atoms with E-state index in [1.54, 1.807) is 16.2 Å². The SMILES string of the molecule is Cc1csc(-c2cccc(NC(=O)N3CC[C@@H](O)C3)c2)n1. The van der Waals surface area contributed by atoms with E-state index in [0.717, 1.165) is 22.0 Å². The fourth-order valence-corrected chi connectivity index (χ4v) is 3.14. The zero-order valence-electron chi connectivity index (χ0n) is 11.7. The van der Waals surface area contributed by atoms with Gasteiger partial charge in [0, 0.05) is 35.4 Å². The number of hydrogen-bond acceptors (Lipinski definition) is 4. The van der Waals surface area contributed by atoms with E-state index in [-0.39, 0.29) is 6.03 Å². The Hall–Kier alpha value is -1.92. The third-order valence-electron chi connectivity index (χ3n) is 3.43. The molecule has 1 aromatic heterocycles. The number of hydrogen-bond donors (Lipinski definition) is 2. The summed E-state index contributed by atoms with van der Waals surface area (Å²) in [5.74, 6) is 0. The zero-order valence-corrected chi connectivity index (χ0v) is 12.6. The van der Waals surface area contributed by atoms with E-state index in [4.69, 9.17) is 0 Å². The van der Waals surface area contributed by atoms with Crippen molar-refractivity contribution in [2.45, 2.75) is 19.4 Å². The number of aliphatic hydroxyl groups excluding tert-OH is 1. The number of aliphatic hydroxyl groups is 1. The van der Waals surface area contributed by atoms with Crippen LogP contribution >= 0.6 is 11.3 Å². The molecule has 0 aliphatic carbocycles. The summed E-state index contributed by atoms with van der Waals surface area (Å²) in [5, 5.41) is 15.3. The molecule has 110 valence electrons. The molecule has 21 heavy (non-hydrogen) atoms. The third-order valence-corrected chi connectivity index (χ3v) is 4.44. The van der Waals surface area contributed by atoms with Crippen molar-refractivity contribution in [2.24, 2.45) is 0 Å². The number of amides is 2. The average Bonchev–Trinajstić information content (AvgIpc) is 3.08. The lowest BCUT2D eigenvalue weighted by molar-refractivity contribution is 0.176. The molecule has 0 bridgehead atoms. The van der Waals surface area contributed by atoms with Crippen LogP contribution in [0.25, 0.3) is 10.6 Å². The Morgan fingerprint density at radius 1 is 1.52 bits per heavy atom. The minimum Gasteiger partial charge on any atom is -0.391 e. The number of rotatable bonds is 2. The van der Waals surface area contributed by atoms with E-state index < -0.39 is 6.10 Å². The van der Waals surface area contributed by atoms with E-state index >= 15 is 0 Å². The molecular formula is C15H17N3O2S. The first-order valence-corrected chi connectivity index (χ1v) is 7.76. The maximum atomic E-state index is 12.1. The predicted molar refractivity (Wildman–Crippen MR) is 83.5 cm³/mol. The predicted octanol–water partition coefficient (Wildman–Crippen LogP) is 2.72. The number of thiazole rings is 1. The smallest absolute Gasteiger partial charge is 0.321 e. The minimum absolute atomic E-state index is 0.168. The van der Waals surface area contributed by atoms with Crippen LogP contribution in [-0.4, -0.2) is 40.2 Å². The molecule has 5 nitrogen and oxygen atoms in total. The summed E-state index contributed by atoms with van der Waals surface area (Å²) in [6, 6.07) is 7.49. The molecule has 2 N–H and O–H groups in total. The Bertz CT molecular complexity index is 656. The summed E-state index contributed by atoms with van der Waals surface area (Å²) < 4.78 is 0. The molecule has 2 aromatic rings. The summed E-state index contributed by atoms with van der Waals surface area (Å²) in [5.41, 5.74) is 2.73. The second-order valence-electron chi connectivity index (χ2n) is 5.19. The average molecular weight is 303 g/mol. The van der Waals surface area contributed by atoms with Crippen molar-refractivity contribution in [1.29, 1.82) is 0 Å². The Kier molecular flexibility index (Phi) is 3.90. The number of nitrogens with zero attached hydrogens (tertiary/aromatic N) is 2. The van der Waals surface area contributed by atoms with Gasteiger partial charge in [0.25, 0.3) is 0 Å². The quantitative estimate of drug-likeness (QED) is 0.896. The fourth-order valence-electron chi connectivity index (χ4n) is 2.35. The first-order chi connectivity index (χ1) is 10.1. The van der Waals surface area contributed by atoms with Gasteiger partial charge in [0.15, 0.2) is 0 Å². The number of nitrogens with one attached hydrogen (secondary N) is 1. The summed E-state index contributed by atoms with van der Waals surface area (Å²) in [6.45, 7) is 2.96. The van der Waals surface area contributed by atoms with E-state index in [1.807, 2.05) is 36.6 Å². The molecule has 0 radical (unpaired) electrons. The minimum atomic E-state index is -0.402. The normalized spacial score (nSPS) is 18.0. The molecule has 0 unspecified atom stereocenters. The summed E-state index contributed by atoms with van der Waals surface area (Å²) in [6.07, 6.45) is 0.242. The van der Waals surface area contributed by atoms with Crippen molar-refractivity contribution in [2.75, 3.05) is 18.4 Å². The van der Waals surface area contributed by atoms with Gasteiger partial charge in [0.05, 0.1) is 6.10 Å².